The van der Waals surface area contributed by atoms with Crippen molar-refractivity contribution in [3.63, 3.8) is 0 Å². The molecular formula is C18H33NS. The first-order chi connectivity index (χ1) is 9.03. The number of rotatable bonds is 5. The molecule has 2 heteroatoms. The summed E-state index contributed by atoms with van der Waals surface area (Å²) >= 11 is 1.97. The van der Waals surface area contributed by atoms with Crippen molar-refractivity contribution in [3.05, 3.63) is 21.9 Å². The minimum Gasteiger partial charge on any atom is -0.312 e. The van der Waals surface area contributed by atoms with Crippen molar-refractivity contribution < 1.29 is 0 Å². The van der Waals surface area contributed by atoms with Crippen LogP contribution in [0.15, 0.2) is 12.1 Å². The molecule has 0 aliphatic carbocycles. The molecule has 1 rings (SSSR count). The molecule has 0 radical (unpaired) electrons. The molecule has 0 aliphatic heterocycles. The Morgan fingerprint density at radius 3 is 2.10 bits per heavy atom. The summed E-state index contributed by atoms with van der Waals surface area (Å²) in [6, 6.07) is 5.11. The lowest BCUT2D eigenvalue weighted by Gasteiger charge is -2.26. The highest BCUT2D eigenvalue weighted by atomic mass is 32.1. The van der Waals surface area contributed by atoms with E-state index in [1.807, 2.05) is 11.3 Å². The van der Waals surface area contributed by atoms with E-state index in [0.29, 0.717) is 11.5 Å². The van der Waals surface area contributed by atoms with Gasteiger partial charge in [0.25, 0.3) is 0 Å². The van der Waals surface area contributed by atoms with Crippen LogP contribution in [0.3, 0.4) is 0 Å². The number of hydrogen-bond acceptors (Lipinski definition) is 2. The largest absolute Gasteiger partial charge is 0.312 e. The van der Waals surface area contributed by atoms with E-state index < -0.39 is 0 Å². The van der Waals surface area contributed by atoms with Crippen LogP contribution in [0.5, 0.6) is 0 Å². The van der Waals surface area contributed by atoms with Crippen LogP contribution < -0.4 is 5.32 Å². The van der Waals surface area contributed by atoms with E-state index in [4.69, 9.17) is 0 Å². The van der Waals surface area contributed by atoms with E-state index in [2.05, 4.69) is 73.0 Å². The SMILES string of the molecule is CNC(CC(C)CC(C)(C)C)c1ccc(C(C)(C)C)s1. The van der Waals surface area contributed by atoms with Gasteiger partial charge >= 0.3 is 0 Å². The molecule has 0 spiro atoms. The summed E-state index contributed by atoms with van der Waals surface area (Å²) in [6.45, 7) is 16.3. The van der Waals surface area contributed by atoms with Gasteiger partial charge in [0.2, 0.25) is 0 Å². The summed E-state index contributed by atoms with van der Waals surface area (Å²) in [6.07, 6.45) is 2.50. The van der Waals surface area contributed by atoms with Gasteiger partial charge in [-0.3, -0.25) is 0 Å². The highest BCUT2D eigenvalue weighted by Crippen LogP contribution is 2.36. The zero-order valence-electron chi connectivity index (χ0n) is 14.6. The number of thiophene rings is 1. The Morgan fingerprint density at radius 2 is 1.70 bits per heavy atom. The van der Waals surface area contributed by atoms with Crippen LogP contribution in [0, 0.1) is 11.3 Å². The van der Waals surface area contributed by atoms with E-state index in [1.165, 1.54) is 22.6 Å². The second kappa shape index (κ2) is 6.62. The second-order valence-electron chi connectivity index (χ2n) is 8.40. The lowest BCUT2D eigenvalue weighted by Crippen LogP contribution is -2.20. The smallest absolute Gasteiger partial charge is 0.0415 e. The van der Waals surface area contributed by atoms with Crippen LogP contribution in [0.2, 0.25) is 0 Å². The Bertz CT molecular complexity index is 406. The summed E-state index contributed by atoms with van der Waals surface area (Å²) in [7, 11) is 2.09. The van der Waals surface area contributed by atoms with Gasteiger partial charge in [-0.05, 0) is 48.8 Å². The van der Waals surface area contributed by atoms with E-state index in [0.717, 1.165) is 5.92 Å². The molecule has 1 N–H and O–H groups in total. The van der Waals surface area contributed by atoms with Gasteiger partial charge in [0.1, 0.15) is 0 Å². The predicted octanol–water partition coefficient (Wildman–Crippen LogP) is 5.77. The Labute approximate surface area is 130 Å². The molecule has 20 heavy (non-hydrogen) atoms. The maximum absolute atomic E-state index is 3.51. The molecule has 0 amide bonds. The maximum Gasteiger partial charge on any atom is 0.0415 e. The van der Waals surface area contributed by atoms with Crippen molar-refractivity contribution in [2.45, 2.75) is 72.8 Å². The van der Waals surface area contributed by atoms with Gasteiger partial charge in [-0.15, -0.1) is 11.3 Å². The summed E-state index contributed by atoms with van der Waals surface area (Å²) in [5.41, 5.74) is 0.683. The average molecular weight is 296 g/mol. The quantitative estimate of drug-likeness (QED) is 0.727. The zero-order valence-corrected chi connectivity index (χ0v) is 15.4. The fraction of sp³-hybridized carbons (Fsp3) is 0.778. The topological polar surface area (TPSA) is 12.0 Å². The molecule has 1 nitrogen and oxygen atoms in total. The Kier molecular flexibility index (Phi) is 5.86. The first-order valence-electron chi connectivity index (χ1n) is 7.80. The van der Waals surface area contributed by atoms with Gasteiger partial charge in [-0.1, -0.05) is 48.5 Å². The number of nitrogens with one attached hydrogen (secondary N) is 1. The third-order valence-electron chi connectivity index (χ3n) is 3.66. The summed E-state index contributed by atoms with van der Waals surface area (Å²) in [5.74, 6) is 0.743. The Morgan fingerprint density at radius 1 is 1.10 bits per heavy atom. The highest BCUT2D eigenvalue weighted by molar-refractivity contribution is 7.12. The van der Waals surface area contributed by atoms with Crippen LogP contribution in [0.1, 0.15) is 77.1 Å². The van der Waals surface area contributed by atoms with Gasteiger partial charge in [0.05, 0.1) is 0 Å². The Hall–Kier alpha value is -0.340. The van der Waals surface area contributed by atoms with Crippen LogP contribution in [0.25, 0.3) is 0 Å². The van der Waals surface area contributed by atoms with E-state index >= 15 is 0 Å². The molecule has 1 heterocycles. The molecule has 0 saturated heterocycles. The van der Waals surface area contributed by atoms with Gasteiger partial charge in [0.15, 0.2) is 0 Å². The molecule has 0 bridgehead atoms. The lowest BCUT2D eigenvalue weighted by molar-refractivity contribution is 0.280. The first kappa shape index (κ1) is 17.7. The van der Waals surface area contributed by atoms with Crippen molar-refractivity contribution in [1.29, 1.82) is 0 Å². The van der Waals surface area contributed by atoms with Crippen LogP contribution in [-0.2, 0) is 5.41 Å². The summed E-state index contributed by atoms with van der Waals surface area (Å²) in [4.78, 5) is 2.97. The second-order valence-corrected chi connectivity index (χ2v) is 9.51. The van der Waals surface area contributed by atoms with Crippen molar-refractivity contribution in [2.24, 2.45) is 11.3 Å². The van der Waals surface area contributed by atoms with Gasteiger partial charge < -0.3 is 5.32 Å². The van der Waals surface area contributed by atoms with Gasteiger partial charge in [-0.2, -0.15) is 0 Å². The monoisotopic (exact) mass is 295 g/mol. The minimum atomic E-state index is 0.262. The molecule has 116 valence electrons. The molecule has 1 aromatic rings. The Balaban J connectivity index is 2.74. The predicted molar refractivity (Wildman–Crippen MR) is 92.7 cm³/mol. The maximum atomic E-state index is 3.51. The fourth-order valence-corrected chi connectivity index (χ4v) is 4.04. The van der Waals surface area contributed by atoms with Crippen molar-refractivity contribution in [1.82, 2.24) is 5.32 Å². The van der Waals surface area contributed by atoms with Crippen molar-refractivity contribution >= 4 is 11.3 Å². The first-order valence-corrected chi connectivity index (χ1v) is 8.62. The highest BCUT2D eigenvalue weighted by Gasteiger charge is 2.22. The van der Waals surface area contributed by atoms with Crippen LogP contribution >= 0.6 is 11.3 Å². The standard InChI is InChI=1S/C18H33NS/c1-13(12-17(2,3)4)11-14(19-8)15-9-10-16(20-15)18(5,6)7/h9-10,13-14,19H,11-12H2,1-8H3. The summed E-state index contributed by atoms with van der Waals surface area (Å²) in [5, 5.41) is 3.51. The third-order valence-corrected chi connectivity index (χ3v) is 5.28. The lowest BCUT2D eigenvalue weighted by atomic mass is 9.83. The average Bonchev–Trinajstić information content (AvgIpc) is 2.71. The van der Waals surface area contributed by atoms with Crippen molar-refractivity contribution in [3.8, 4) is 0 Å². The molecule has 2 unspecified atom stereocenters. The van der Waals surface area contributed by atoms with E-state index in [1.54, 1.807) is 0 Å². The van der Waals surface area contributed by atoms with Gasteiger partial charge in [-0.25, -0.2) is 0 Å². The third kappa shape index (κ3) is 5.57. The molecule has 2 atom stereocenters. The zero-order chi connectivity index (χ0) is 15.6. The normalized spacial score (nSPS) is 16.2. The van der Waals surface area contributed by atoms with Crippen molar-refractivity contribution in [2.75, 3.05) is 7.05 Å². The molecule has 0 saturated carbocycles. The van der Waals surface area contributed by atoms with E-state index in [9.17, 15) is 0 Å². The molecule has 1 aromatic heterocycles. The fourth-order valence-electron chi connectivity index (χ4n) is 2.85. The van der Waals surface area contributed by atoms with E-state index in [-0.39, 0.29) is 5.41 Å². The van der Waals surface area contributed by atoms with Crippen LogP contribution in [-0.4, -0.2) is 7.05 Å². The van der Waals surface area contributed by atoms with Crippen LogP contribution in [0.4, 0.5) is 0 Å². The number of hydrogen-bond donors (Lipinski definition) is 1. The summed E-state index contributed by atoms with van der Waals surface area (Å²) < 4.78 is 0. The molecule has 0 aliphatic rings. The molecular weight excluding hydrogens is 262 g/mol. The minimum absolute atomic E-state index is 0.262. The molecule has 0 aromatic carbocycles. The van der Waals surface area contributed by atoms with Gasteiger partial charge in [0, 0.05) is 15.8 Å². The molecule has 0 fully saturated rings.